The predicted octanol–water partition coefficient (Wildman–Crippen LogP) is 2.73. The summed E-state index contributed by atoms with van der Waals surface area (Å²) in [5, 5.41) is 10.2. The molecule has 0 saturated carbocycles. The van der Waals surface area contributed by atoms with Gasteiger partial charge in [0.05, 0.1) is 16.0 Å². The fourth-order valence-electron chi connectivity index (χ4n) is 1.42. The van der Waals surface area contributed by atoms with E-state index in [0.717, 1.165) is 16.0 Å². The highest BCUT2D eigenvalue weighted by Crippen LogP contribution is 2.31. The van der Waals surface area contributed by atoms with Crippen molar-refractivity contribution in [2.45, 2.75) is 0 Å². The maximum atomic E-state index is 6.01. The molecular formula is C9H5ClN4S. The predicted molar refractivity (Wildman–Crippen MR) is 60.0 cm³/mol. The van der Waals surface area contributed by atoms with Gasteiger partial charge in [-0.1, -0.05) is 17.7 Å². The van der Waals surface area contributed by atoms with E-state index >= 15 is 0 Å². The van der Waals surface area contributed by atoms with Crippen LogP contribution in [0.3, 0.4) is 0 Å². The van der Waals surface area contributed by atoms with Crippen LogP contribution in [0, 0.1) is 0 Å². The summed E-state index contributed by atoms with van der Waals surface area (Å²) < 4.78 is 0. The third kappa shape index (κ3) is 1.32. The van der Waals surface area contributed by atoms with Gasteiger partial charge in [-0.3, -0.25) is 5.10 Å². The second-order valence-corrected chi connectivity index (χ2v) is 4.24. The van der Waals surface area contributed by atoms with Crippen LogP contribution in [0.2, 0.25) is 5.15 Å². The Morgan fingerprint density at radius 3 is 3.07 bits per heavy atom. The number of aromatic nitrogens is 4. The van der Waals surface area contributed by atoms with Gasteiger partial charge in [0.25, 0.3) is 0 Å². The molecule has 3 heterocycles. The van der Waals surface area contributed by atoms with Crippen molar-refractivity contribution in [1.29, 1.82) is 0 Å². The zero-order valence-electron chi connectivity index (χ0n) is 7.44. The molecule has 0 aliphatic rings. The van der Waals surface area contributed by atoms with E-state index in [9.17, 15) is 0 Å². The van der Waals surface area contributed by atoms with E-state index in [1.54, 1.807) is 11.3 Å². The van der Waals surface area contributed by atoms with Crippen LogP contribution in [0.15, 0.2) is 23.8 Å². The standard InChI is InChI=1S/C9H5ClN4S/c10-8-6-7(5-2-1-3-15-5)13-14-9(6)12-4-11-8/h1-4H,(H,11,12,13,14). The largest absolute Gasteiger partial charge is 0.274 e. The van der Waals surface area contributed by atoms with Gasteiger partial charge in [-0.2, -0.15) is 5.10 Å². The lowest BCUT2D eigenvalue weighted by Gasteiger charge is -1.94. The second kappa shape index (κ2) is 3.29. The van der Waals surface area contributed by atoms with Gasteiger partial charge in [0, 0.05) is 0 Å². The van der Waals surface area contributed by atoms with Crippen LogP contribution < -0.4 is 0 Å². The van der Waals surface area contributed by atoms with E-state index in [0.29, 0.717) is 10.8 Å². The summed E-state index contributed by atoms with van der Waals surface area (Å²) in [7, 11) is 0. The molecule has 0 aromatic carbocycles. The lowest BCUT2D eigenvalue weighted by Crippen LogP contribution is -1.81. The molecule has 0 bridgehead atoms. The average molecular weight is 237 g/mol. The van der Waals surface area contributed by atoms with Crippen molar-refractivity contribution in [2.24, 2.45) is 0 Å². The molecular weight excluding hydrogens is 232 g/mol. The van der Waals surface area contributed by atoms with Gasteiger partial charge in [-0.15, -0.1) is 11.3 Å². The minimum atomic E-state index is 0.428. The number of nitrogens with one attached hydrogen (secondary N) is 1. The Bertz CT molecular complexity index is 602. The Morgan fingerprint density at radius 2 is 2.27 bits per heavy atom. The summed E-state index contributed by atoms with van der Waals surface area (Å²) in [4.78, 5) is 9.07. The number of nitrogens with zero attached hydrogens (tertiary/aromatic N) is 3. The quantitative estimate of drug-likeness (QED) is 0.661. The van der Waals surface area contributed by atoms with Crippen LogP contribution in [0.5, 0.6) is 0 Å². The third-order valence-electron chi connectivity index (χ3n) is 2.07. The second-order valence-electron chi connectivity index (χ2n) is 2.94. The van der Waals surface area contributed by atoms with E-state index in [2.05, 4.69) is 20.2 Å². The number of H-pyrrole nitrogens is 1. The molecule has 0 unspecified atom stereocenters. The van der Waals surface area contributed by atoms with Gasteiger partial charge in [0.1, 0.15) is 11.5 Å². The SMILES string of the molecule is Clc1ncnc2n[nH]c(-c3cccs3)c12. The van der Waals surface area contributed by atoms with Gasteiger partial charge in [0.15, 0.2) is 5.65 Å². The van der Waals surface area contributed by atoms with Crippen LogP contribution in [0.4, 0.5) is 0 Å². The minimum Gasteiger partial charge on any atom is -0.274 e. The third-order valence-corrected chi connectivity index (χ3v) is 3.25. The van der Waals surface area contributed by atoms with Gasteiger partial charge in [-0.05, 0) is 11.4 Å². The van der Waals surface area contributed by atoms with Gasteiger partial charge in [-0.25, -0.2) is 9.97 Å². The number of thiophene rings is 1. The van der Waals surface area contributed by atoms with E-state index in [1.165, 1.54) is 6.33 Å². The van der Waals surface area contributed by atoms with Crippen molar-refractivity contribution in [2.75, 3.05) is 0 Å². The lowest BCUT2D eigenvalue weighted by atomic mass is 10.2. The van der Waals surface area contributed by atoms with Crippen molar-refractivity contribution in [3.63, 3.8) is 0 Å². The number of halogens is 1. The molecule has 0 aliphatic heterocycles. The summed E-state index contributed by atoms with van der Waals surface area (Å²) in [6.45, 7) is 0. The van der Waals surface area contributed by atoms with Crippen molar-refractivity contribution in [3.05, 3.63) is 29.0 Å². The number of rotatable bonds is 1. The van der Waals surface area contributed by atoms with Gasteiger partial charge >= 0.3 is 0 Å². The summed E-state index contributed by atoms with van der Waals surface area (Å²) in [6.07, 6.45) is 1.41. The van der Waals surface area contributed by atoms with Gasteiger partial charge in [0.2, 0.25) is 0 Å². The highest BCUT2D eigenvalue weighted by atomic mass is 35.5. The van der Waals surface area contributed by atoms with Crippen LogP contribution in [-0.2, 0) is 0 Å². The molecule has 4 nitrogen and oxygen atoms in total. The van der Waals surface area contributed by atoms with Gasteiger partial charge < -0.3 is 0 Å². The van der Waals surface area contributed by atoms with Crippen molar-refractivity contribution in [3.8, 4) is 10.6 Å². The summed E-state index contributed by atoms with van der Waals surface area (Å²) in [5.74, 6) is 0. The van der Waals surface area contributed by atoms with E-state index in [-0.39, 0.29) is 0 Å². The molecule has 3 rings (SSSR count). The lowest BCUT2D eigenvalue weighted by molar-refractivity contribution is 1.09. The molecule has 0 saturated heterocycles. The van der Waals surface area contributed by atoms with E-state index < -0.39 is 0 Å². The highest BCUT2D eigenvalue weighted by Gasteiger charge is 2.12. The number of fused-ring (bicyclic) bond motifs is 1. The minimum absolute atomic E-state index is 0.428. The maximum absolute atomic E-state index is 6.01. The molecule has 0 fully saturated rings. The Labute approximate surface area is 94.0 Å². The van der Waals surface area contributed by atoms with Crippen molar-refractivity contribution >= 4 is 34.0 Å². The molecule has 3 aromatic rings. The number of hydrogen-bond donors (Lipinski definition) is 1. The first-order valence-electron chi connectivity index (χ1n) is 4.24. The fourth-order valence-corrected chi connectivity index (χ4v) is 2.37. The fraction of sp³-hybridized carbons (Fsp3) is 0. The smallest absolute Gasteiger partial charge is 0.186 e. The Morgan fingerprint density at radius 1 is 1.33 bits per heavy atom. The first kappa shape index (κ1) is 8.82. The Hall–Kier alpha value is -1.46. The molecule has 74 valence electrons. The first-order valence-corrected chi connectivity index (χ1v) is 5.50. The maximum Gasteiger partial charge on any atom is 0.186 e. The molecule has 0 spiro atoms. The monoisotopic (exact) mass is 236 g/mol. The molecule has 1 N–H and O–H groups in total. The summed E-state index contributed by atoms with van der Waals surface area (Å²) >= 11 is 7.63. The molecule has 0 radical (unpaired) electrons. The Balaban J connectivity index is 2.37. The van der Waals surface area contributed by atoms with Crippen LogP contribution in [-0.4, -0.2) is 20.2 Å². The zero-order valence-corrected chi connectivity index (χ0v) is 9.01. The van der Waals surface area contributed by atoms with Crippen LogP contribution in [0.1, 0.15) is 0 Å². The Kier molecular flexibility index (Phi) is 1.93. The van der Waals surface area contributed by atoms with Crippen molar-refractivity contribution < 1.29 is 0 Å². The normalized spacial score (nSPS) is 11.0. The molecule has 0 atom stereocenters. The topological polar surface area (TPSA) is 54.5 Å². The molecule has 0 amide bonds. The zero-order chi connectivity index (χ0) is 10.3. The van der Waals surface area contributed by atoms with E-state index in [4.69, 9.17) is 11.6 Å². The first-order chi connectivity index (χ1) is 7.36. The van der Waals surface area contributed by atoms with E-state index in [1.807, 2.05) is 17.5 Å². The molecule has 0 aliphatic carbocycles. The highest BCUT2D eigenvalue weighted by molar-refractivity contribution is 7.13. The molecule has 6 heteroatoms. The summed E-state index contributed by atoms with van der Waals surface area (Å²) in [6, 6.07) is 3.98. The summed E-state index contributed by atoms with van der Waals surface area (Å²) in [5.41, 5.74) is 1.48. The average Bonchev–Trinajstić information content (AvgIpc) is 2.85. The molecule has 15 heavy (non-hydrogen) atoms. The van der Waals surface area contributed by atoms with Crippen LogP contribution in [0.25, 0.3) is 21.6 Å². The van der Waals surface area contributed by atoms with Crippen molar-refractivity contribution in [1.82, 2.24) is 20.2 Å². The number of hydrogen-bond acceptors (Lipinski definition) is 4. The number of aromatic amines is 1. The van der Waals surface area contributed by atoms with Crippen LogP contribution >= 0.6 is 22.9 Å². The molecule has 3 aromatic heterocycles.